The second-order valence-electron chi connectivity index (χ2n) is 5.93. The number of thioether (sulfide) groups is 2. The van der Waals surface area contributed by atoms with Crippen molar-refractivity contribution in [3.63, 3.8) is 0 Å². The maximum absolute atomic E-state index is 12.2. The molecule has 2 aromatic carbocycles. The first-order chi connectivity index (χ1) is 14.1. The fourth-order valence-corrected chi connectivity index (χ4v) is 4.42. The van der Waals surface area contributed by atoms with Gasteiger partial charge in [0.05, 0.1) is 11.6 Å². The van der Waals surface area contributed by atoms with E-state index in [0.717, 1.165) is 27.3 Å². The SMILES string of the molecule is C=CCSC1=N/C(=C\c2cc(Cl)c(OCc3ccccc3)c(OCC)c2)C(=O)S1. The summed E-state index contributed by atoms with van der Waals surface area (Å²) in [5.41, 5.74) is 2.15. The van der Waals surface area contributed by atoms with E-state index < -0.39 is 0 Å². The molecule has 0 radical (unpaired) electrons. The molecule has 0 N–H and O–H groups in total. The summed E-state index contributed by atoms with van der Waals surface area (Å²) in [6, 6.07) is 13.4. The van der Waals surface area contributed by atoms with Crippen molar-refractivity contribution in [2.24, 2.45) is 4.99 Å². The number of ether oxygens (including phenoxy) is 2. The molecule has 1 heterocycles. The normalized spacial score (nSPS) is 14.8. The van der Waals surface area contributed by atoms with Gasteiger partial charge in [-0.1, -0.05) is 59.8 Å². The summed E-state index contributed by atoms with van der Waals surface area (Å²) in [7, 11) is 0. The van der Waals surface area contributed by atoms with Crippen LogP contribution >= 0.6 is 35.1 Å². The lowest BCUT2D eigenvalue weighted by molar-refractivity contribution is -0.107. The van der Waals surface area contributed by atoms with Gasteiger partial charge in [-0.05, 0) is 48.0 Å². The third kappa shape index (κ3) is 5.92. The summed E-state index contributed by atoms with van der Waals surface area (Å²) < 4.78 is 12.4. The maximum atomic E-state index is 12.2. The van der Waals surface area contributed by atoms with Crippen LogP contribution in [0, 0.1) is 0 Å². The van der Waals surface area contributed by atoms with Gasteiger partial charge in [-0.3, -0.25) is 4.79 Å². The third-order valence-electron chi connectivity index (χ3n) is 3.79. The highest BCUT2D eigenvalue weighted by Crippen LogP contribution is 2.39. The van der Waals surface area contributed by atoms with E-state index in [4.69, 9.17) is 21.1 Å². The Morgan fingerprint density at radius 3 is 2.76 bits per heavy atom. The van der Waals surface area contributed by atoms with E-state index in [1.54, 1.807) is 18.2 Å². The zero-order valence-electron chi connectivity index (χ0n) is 15.9. The molecule has 0 saturated carbocycles. The highest BCUT2D eigenvalue weighted by atomic mass is 35.5. The van der Waals surface area contributed by atoms with E-state index in [2.05, 4.69) is 11.6 Å². The summed E-state index contributed by atoms with van der Waals surface area (Å²) in [5.74, 6) is 1.73. The van der Waals surface area contributed by atoms with Crippen molar-refractivity contribution in [1.82, 2.24) is 0 Å². The minimum atomic E-state index is -0.0879. The zero-order chi connectivity index (χ0) is 20.6. The Bertz CT molecular complexity index is 958. The first-order valence-corrected chi connectivity index (χ1v) is 11.2. The van der Waals surface area contributed by atoms with Crippen LogP contribution in [-0.2, 0) is 11.4 Å². The first-order valence-electron chi connectivity index (χ1n) is 9.00. The summed E-state index contributed by atoms with van der Waals surface area (Å²) >= 11 is 9.10. The Morgan fingerprint density at radius 1 is 1.24 bits per heavy atom. The third-order valence-corrected chi connectivity index (χ3v) is 6.07. The van der Waals surface area contributed by atoms with Gasteiger partial charge >= 0.3 is 0 Å². The van der Waals surface area contributed by atoms with Crippen LogP contribution in [0.4, 0.5) is 0 Å². The number of carbonyl (C=O) groups is 1. The monoisotopic (exact) mass is 445 g/mol. The van der Waals surface area contributed by atoms with Crippen LogP contribution < -0.4 is 9.47 Å². The summed E-state index contributed by atoms with van der Waals surface area (Å²) in [6.45, 7) is 6.42. The molecule has 0 bridgehead atoms. The lowest BCUT2D eigenvalue weighted by atomic mass is 10.1. The van der Waals surface area contributed by atoms with Crippen LogP contribution in [0.1, 0.15) is 18.1 Å². The molecule has 0 spiro atoms. The molecular formula is C22H20ClNO3S2. The molecule has 150 valence electrons. The van der Waals surface area contributed by atoms with Crippen LogP contribution in [0.3, 0.4) is 0 Å². The van der Waals surface area contributed by atoms with Gasteiger partial charge in [-0.2, -0.15) is 0 Å². The lowest BCUT2D eigenvalue weighted by Crippen LogP contribution is -2.01. The molecule has 2 aromatic rings. The van der Waals surface area contributed by atoms with Gasteiger partial charge in [-0.15, -0.1) is 6.58 Å². The molecule has 1 aliphatic rings. The van der Waals surface area contributed by atoms with Crippen LogP contribution in [0.2, 0.25) is 5.02 Å². The van der Waals surface area contributed by atoms with Gasteiger partial charge in [0.1, 0.15) is 16.7 Å². The molecular weight excluding hydrogens is 426 g/mol. The summed E-state index contributed by atoms with van der Waals surface area (Å²) in [6.07, 6.45) is 3.49. The van der Waals surface area contributed by atoms with Crippen LogP contribution in [0.25, 0.3) is 6.08 Å². The van der Waals surface area contributed by atoms with Gasteiger partial charge in [0.15, 0.2) is 11.5 Å². The number of aliphatic imine (C=N–C) groups is 1. The molecule has 0 aliphatic carbocycles. The Balaban J connectivity index is 1.84. The summed E-state index contributed by atoms with van der Waals surface area (Å²) in [4.78, 5) is 16.6. The van der Waals surface area contributed by atoms with Gasteiger partial charge in [0, 0.05) is 5.75 Å². The minimum Gasteiger partial charge on any atom is -0.490 e. The fourth-order valence-electron chi connectivity index (χ4n) is 2.54. The predicted octanol–water partition coefficient (Wildman–Crippen LogP) is 6.21. The Hall–Kier alpha value is -2.15. The van der Waals surface area contributed by atoms with E-state index in [9.17, 15) is 4.79 Å². The van der Waals surface area contributed by atoms with Crippen molar-refractivity contribution in [2.75, 3.05) is 12.4 Å². The molecule has 4 nitrogen and oxygen atoms in total. The standard InChI is InChI=1S/C22H20ClNO3S2/c1-3-10-28-22-24-18(21(25)29-22)12-16-11-17(23)20(19(13-16)26-4-2)27-14-15-8-6-5-7-9-15/h3,5-9,11-13H,1,4,10,14H2,2H3/b18-12-. The van der Waals surface area contributed by atoms with Crippen LogP contribution in [0.15, 0.2) is 65.8 Å². The molecule has 7 heteroatoms. The zero-order valence-corrected chi connectivity index (χ0v) is 18.3. The molecule has 0 aromatic heterocycles. The molecule has 0 fully saturated rings. The van der Waals surface area contributed by atoms with Crippen LogP contribution in [-0.4, -0.2) is 21.9 Å². The van der Waals surface area contributed by atoms with Gasteiger partial charge in [0.25, 0.3) is 0 Å². The molecule has 3 rings (SSSR count). The number of carbonyl (C=O) groups excluding carboxylic acids is 1. The Morgan fingerprint density at radius 2 is 2.03 bits per heavy atom. The average Bonchev–Trinajstić information content (AvgIpc) is 3.06. The molecule has 0 amide bonds. The van der Waals surface area contributed by atoms with E-state index in [0.29, 0.717) is 41.2 Å². The van der Waals surface area contributed by atoms with Crippen LogP contribution in [0.5, 0.6) is 11.5 Å². The smallest absolute Gasteiger partial charge is 0.244 e. The number of nitrogens with zero attached hydrogens (tertiary/aromatic N) is 1. The van der Waals surface area contributed by atoms with Crippen molar-refractivity contribution >= 4 is 50.7 Å². The largest absolute Gasteiger partial charge is 0.490 e. The van der Waals surface area contributed by atoms with Gasteiger partial charge in [0.2, 0.25) is 5.12 Å². The molecule has 0 saturated heterocycles. The average molecular weight is 446 g/mol. The second-order valence-corrected chi connectivity index (χ2v) is 8.57. The minimum absolute atomic E-state index is 0.0879. The number of hydrogen-bond acceptors (Lipinski definition) is 6. The highest BCUT2D eigenvalue weighted by molar-refractivity contribution is 8.45. The van der Waals surface area contributed by atoms with E-state index >= 15 is 0 Å². The summed E-state index contributed by atoms with van der Waals surface area (Å²) in [5, 5.41) is 0.331. The Kier molecular flexibility index (Phi) is 7.86. The molecule has 0 atom stereocenters. The number of hydrogen-bond donors (Lipinski definition) is 0. The topological polar surface area (TPSA) is 47.9 Å². The number of benzene rings is 2. The number of rotatable bonds is 8. The fraction of sp³-hybridized carbons (Fsp3) is 0.182. The van der Waals surface area contributed by atoms with Crippen molar-refractivity contribution in [3.8, 4) is 11.5 Å². The van der Waals surface area contributed by atoms with Gasteiger partial charge in [-0.25, -0.2) is 4.99 Å². The molecule has 1 aliphatic heterocycles. The van der Waals surface area contributed by atoms with Crippen molar-refractivity contribution in [1.29, 1.82) is 0 Å². The lowest BCUT2D eigenvalue weighted by Gasteiger charge is -2.14. The predicted molar refractivity (Wildman–Crippen MR) is 124 cm³/mol. The van der Waals surface area contributed by atoms with Gasteiger partial charge < -0.3 is 9.47 Å². The van der Waals surface area contributed by atoms with Crippen molar-refractivity contribution in [2.45, 2.75) is 13.5 Å². The number of halogens is 1. The quantitative estimate of drug-likeness (QED) is 0.357. The van der Waals surface area contributed by atoms with E-state index in [1.165, 1.54) is 11.8 Å². The molecule has 0 unspecified atom stereocenters. The molecule has 29 heavy (non-hydrogen) atoms. The van der Waals surface area contributed by atoms with E-state index in [1.807, 2.05) is 43.3 Å². The van der Waals surface area contributed by atoms with E-state index in [-0.39, 0.29) is 5.12 Å². The maximum Gasteiger partial charge on any atom is 0.244 e. The van der Waals surface area contributed by atoms with Crippen molar-refractivity contribution in [3.05, 3.63) is 77.0 Å². The Labute approximate surface area is 184 Å². The second kappa shape index (κ2) is 10.6. The first kappa shape index (κ1) is 21.6. The van der Waals surface area contributed by atoms with Crippen molar-refractivity contribution < 1.29 is 14.3 Å². The highest BCUT2D eigenvalue weighted by Gasteiger charge is 2.22.